The fraction of sp³-hybridized carbons (Fsp3) is 0.111. The number of ether oxygens (including phenoxy) is 1. The zero-order valence-corrected chi connectivity index (χ0v) is 13.3. The van der Waals surface area contributed by atoms with Crippen LogP contribution in [0.2, 0.25) is 0 Å². The number of amides is 1. The van der Waals surface area contributed by atoms with E-state index in [1.54, 1.807) is 7.11 Å². The van der Waals surface area contributed by atoms with E-state index in [1.807, 2.05) is 42.5 Å². The van der Waals surface area contributed by atoms with E-state index in [9.17, 15) is 4.79 Å². The molecule has 0 aliphatic heterocycles. The van der Waals surface area contributed by atoms with Crippen molar-refractivity contribution in [3.63, 3.8) is 0 Å². The van der Waals surface area contributed by atoms with Crippen molar-refractivity contribution >= 4 is 11.8 Å². The van der Waals surface area contributed by atoms with Crippen LogP contribution >= 0.6 is 0 Å². The molecule has 0 saturated heterocycles. The van der Waals surface area contributed by atoms with Crippen LogP contribution in [0.3, 0.4) is 0 Å². The molecule has 4 N–H and O–H groups in total. The first kappa shape index (κ1) is 15.6. The van der Waals surface area contributed by atoms with Crippen molar-refractivity contribution in [2.24, 2.45) is 5.73 Å². The predicted octanol–water partition coefficient (Wildman–Crippen LogP) is 2.66. The molecule has 1 heterocycles. The van der Waals surface area contributed by atoms with Gasteiger partial charge in [0.05, 0.1) is 13.3 Å². The summed E-state index contributed by atoms with van der Waals surface area (Å²) < 4.78 is 6.23. The Labute approximate surface area is 139 Å². The van der Waals surface area contributed by atoms with Crippen molar-refractivity contribution < 1.29 is 9.53 Å². The lowest BCUT2D eigenvalue weighted by molar-refractivity contribution is 0.248. The molecule has 0 fully saturated rings. The topological polar surface area (TPSA) is 96.2 Å². The summed E-state index contributed by atoms with van der Waals surface area (Å²) in [5, 5.41) is 3.90. The molecular formula is C18H18N4O2. The Morgan fingerprint density at radius 2 is 1.92 bits per heavy atom. The minimum atomic E-state index is -0.701. The van der Waals surface area contributed by atoms with Gasteiger partial charge in [-0.1, -0.05) is 36.4 Å². The molecule has 0 unspecified atom stereocenters. The van der Waals surface area contributed by atoms with Gasteiger partial charge in [-0.05, 0) is 35.2 Å². The van der Waals surface area contributed by atoms with Gasteiger partial charge < -0.3 is 16.2 Å². The first-order chi connectivity index (χ1) is 11.6. The fourth-order valence-electron chi connectivity index (χ4n) is 2.58. The molecule has 1 amide bonds. The average Bonchev–Trinajstić information content (AvgIpc) is 2.97. The first-order valence-electron chi connectivity index (χ1n) is 7.44. The minimum Gasteiger partial charge on any atom is -0.497 e. The van der Waals surface area contributed by atoms with Crippen LogP contribution in [0.15, 0.2) is 54.7 Å². The number of methoxy groups -OCH3 is 1. The molecule has 3 aromatic rings. The van der Waals surface area contributed by atoms with Crippen LogP contribution in [0.1, 0.15) is 11.1 Å². The number of carbonyl (C=O) groups excluding carboxylic acids is 1. The number of aromatic nitrogens is 2. The Kier molecular flexibility index (Phi) is 4.20. The van der Waals surface area contributed by atoms with E-state index in [1.165, 1.54) is 11.8 Å². The highest BCUT2D eigenvalue weighted by Gasteiger charge is 2.12. The van der Waals surface area contributed by atoms with Gasteiger partial charge in [0.1, 0.15) is 11.6 Å². The SMILES string of the molecule is COc1cccc(Cc2ccc(-c3cnn(C(N)=O)c3N)cc2)c1. The highest BCUT2D eigenvalue weighted by Crippen LogP contribution is 2.26. The molecule has 3 rings (SSSR count). The van der Waals surface area contributed by atoms with Gasteiger partial charge in [-0.3, -0.25) is 0 Å². The normalized spacial score (nSPS) is 10.5. The van der Waals surface area contributed by atoms with E-state index < -0.39 is 6.03 Å². The van der Waals surface area contributed by atoms with Gasteiger partial charge in [0.15, 0.2) is 0 Å². The molecule has 0 spiro atoms. The van der Waals surface area contributed by atoms with Crippen LogP contribution in [-0.2, 0) is 6.42 Å². The highest BCUT2D eigenvalue weighted by molar-refractivity contribution is 5.83. The molecule has 122 valence electrons. The van der Waals surface area contributed by atoms with E-state index in [-0.39, 0.29) is 5.82 Å². The first-order valence-corrected chi connectivity index (χ1v) is 7.44. The van der Waals surface area contributed by atoms with Crippen molar-refractivity contribution in [3.05, 3.63) is 65.9 Å². The molecule has 0 aliphatic rings. The molecule has 6 nitrogen and oxygen atoms in total. The van der Waals surface area contributed by atoms with Crippen LogP contribution in [0.4, 0.5) is 10.6 Å². The Bertz CT molecular complexity index is 869. The molecule has 24 heavy (non-hydrogen) atoms. The van der Waals surface area contributed by atoms with Gasteiger partial charge in [-0.15, -0.1) is 0 Å². The number of benzene rings is 2. The van der Waals surface area contributed by atoms with Gasteiger partial charge in [-0.25, -0.2) is 4.79 Å². The lowest BCUT2D eigenvalue weighted by Gasteiger charge is -2.06. The third-order valence-electron chi connectivity index (χ3n) is 3.82. The average molecular weight is 322 g/mol. The zero-order valence-electron chi connectivity index (χ0n) is 13.3. The van der Waals surface area contributed by atoms with E-state index >= 15 is 0 Å². The second-order valence-corrected chi connectivity index (χ2v) is 5.42. The van der Waals surface area contributed by atoms with Crippen LogP contribution in [0.5, 0.6) is 5.75 Å². The number of rotatable bonds is 4. The van der Waals surface area contributed by atoms with Gasteiger partial charge >= 0.3 is 6.03 Å². The van der Waals surface area contributed by atoms with Crippen LogP contribution in [-0.4, -0.2) is 22.9 Å². The standard InChI is InChI=1S/C18H18N4O2/c1-24-15-4-2-3-13(10-15)9-12-5-7-14(8-6-12)16-11-21-22(17(16)19)18(20)23/h2-8,10-11H,9,19H2,1H3,(H2,20,23). The third-order valence-corrected chi connectivity index (χ3v) is 3.82. The van der Waals surface area contributed by atoms with Gasteiger partial charge in [0.25, 0.3) is 0 Å². The lowest BCUT2D eigenvalue weighted by Crippen LogP contribution is -2.22. The van der Waals surface area contributed by atoms with Crippen molar-refractivity contribution in [1.29, 1.82) is 0 Å². The van der Waals surface area contributed by atoms with Gasteiger partial charge in [-0.2, -0.15) is 9.78 Å². The number of nitrogen functional groups attached to an aromatic ring is 1. The maximum atomic E-state index is 11.2. The fourth-order valence-corrected chi connectivity index (χ4v) is 2.58. The molecule has 1 aromatic heterocycles. The third kappa shape index (κ3) is 3.08. The maximum absolute atomic E-state index is 11.2. The number of carbonyl (C=O) groups is 1. The second-order valence-electron chi connectivity index (χ2n) is 5.42. The number of hydrogen-bond donors (Lipinski definition) is 2. The molecule has 2 aromatic carbocycles. The highest BCUT2D eigenvalue weighted by atomic mass is 16.5. The van der Waals surface area contributed by atoms with Crippen LogP contribution in [0, 0.1) is 0 Å². The molecule has 0 atom stereocenters. The summed E-state index contributed by atoms with van der Waals surface area (Å²) in [6.45, 7) is 0. The van der Waals surface area contributed by atoms with E-state index in [0.29, 0.717) is 5.56 Å². The molecule has 0 radical (unpaired) electrons. The monoisotopic (exact) mass is 322 g/mol. The van der Waals surface area contributed by atoms with Gasteiger partial charge in [0.2, 0.25) is 0 Å². The predicted molar refractivity (Wildman–Crippen MR) is 92.9 cm³/mol. The Morgan fingerprint density at radius 1 is 1.17 bits per heavy atom. The molecule has 6 heteroatoms. The van der Waals surface area contributed by atoms with Crippen LogP contribution < -0.4 is 16.2 Å². The van der Waals surface area contributed by atoms with E-state index in [4.69, 9.17) is 16.2 Å². The summed E-state index contributed by atoms with van der Waals surface area (Å²) in [5.41, 5.74) is 15.0. The summed E-state index contributed by atoms with van der Waals surface area (Å²) in [6, 6.07) is 15.2. The Hall–Kier alpha value is -3.28. The molecular weight excluding hydrogens is 304 g/mol. The molecule has 0 aliphatic carbocycles. The van der Waals surface area contributed by atoms with Crippen molar-refractivity contribution in [2.75, 3.05) is 12.8 Å². The quantitative estimate of drug-likeness (QED) is 0.772. The summed E-state index contributed by atoms with van der Waals surface area (Å²) in [7, 11) is 1.66. The second kappa shape index (κ2) is 6.45. The summed E-state index contributed by atoms with van der Waals surface area (Å²) >= 11 is 0. The lowest BCUT2D eigenvalue weighted by atomic mass is 10.0. The Morgan fingerprint density at radius 3 is 2.54 bits per heavy atom. The number of anilines is 1. The minimum absolute atomic E-state index is 0.239. The Balaban J connectivity index is 1.82. The van der Waals surface area contributed by atoms with Crippen molar-refractivity contribution in [1.82, 2.24) is 9.78 Å². The summed E-state index contributed by atoms with van der Waals surface area (Å²) in [6.07, 6.45) is 2.34. The zero-order chi connectivity index (χ0) is 17.1. The number of nitrogens with zero attached hydrogens (tertiary/aromatic N) is 2. The van der Waals surface area contributed by atoms with E-state index in [0.717, 1.165) is 28.0 Å². The summed E-state index contributed by atoms with van der Waals surface area (Å²) in [5.74, 6) is 1.08. The maximum Gasteiger partial charge on any atom is 0.341 e. The smallest absolute Gasteiger partial charge is 0.341 e. The largest absolute Gasteiger partial charge is 0.497 e. The number of hydrogen-bond acceptors (Lipinski definition) is 4. The molecule has 0 bridgehead atoms. The number of nitrogens with two attached hydrogens (primary N) is 2. The summed E-state index contributed by atoms with van der Waals surface area (Å²) in [4.78, 5) is 11.2. The van der Waals surface area contributed by atoms with E-state index in [2.05, 4.69) is 11.2 Å². The van der Waals surface area contributed by atoms with Crippen molar-refractivity contribution in [2.45, 2.75) is 6.42 Å². The molecule has 0 saturated carbocycles. The van der Waals surface area contributed by atoms with Crippen LogP contribution in [0.25, 0.3) is 11.1 Å². The van der Waals surface area contributed by atoms with Gasteiger partial charge in [0, 0.05) is 5.56 Å². The number of primary amides is 1. The van der Waals surface area contributed by atoms with Crippen molar-refractivity contribution in [3.8, 4) is 16.9 Å².